The Morgan fingerprint density at radius 3 is 2.32 bits per heavy atom. The summed E-state index contributed by atoms with van der Waals surface area (Å²) in [4.78, 5) is 18.9. The molecule has 1 aliphatic heterocycles. The number of carbonyl (C=O) groups excluding carboxylic acids is 1. The zero-order chi connectivity index (χ0) is 21.8. The molecular weight excluding hydrogens is 386 g/mol. The number of amides is 1. The van der Waals surface area contributed by atoms with E-state index >= 15 is 0 Å². The van der Waals surface area contributed by atoms with Gasteiger partial charge in [-0.3, -0.25) is 4.79 Å². The maximum atomic E-state index is 13.1. The molecule has 0 aromatic heterocycles. The van der Waals surface area contributed by atoms with E-state index in [1.54, 1.807) is 7.11 Å². The Bertz CT molecular complexity index is 868. The molecule has 1 saturated heterocycles. The van der Waals surface area contributed by atoms with Crippen LogP contribution in [0.4, 0.5) is 5.69 Å². The highest BCUT2D eigenvalue weighted by Gasteiger charge is 2.36. The largest absolute Gasteiger partial charge is 0.495 e. The van der Waals surface area contributed by atoms with Crippen molar-refractivity contribution in [1.82, 2.24) is 4.90 Å². The topological polar surface area (TPSA) is 37.2 Å². The number of hydrogen-bond acceptors (Lipinski definition) is 3. The number of para-hydroxylation sites is 2. The van der Waals surface area contributed by atoms with Gasteiger partial charge in [-0.2, -0.15) is 0 Å². The van der Waals surface area contributed by atoms with Crippen LogP contribution in [-0.2, 0) is 11.3 Å². The minimum atomic E-state index is 0.292. The van der Waals surface area contributed by atoms with Crippen LogP contribution in [0.2, 0.25) is 0 Å². The summed E-state index contributed by atoms with van der Waals surface area (Å²) < 4.78 is 5.51. The third kappa shape index (κ3) is 5.40. The predicted molar refractivity (Wildman–Crippen MR) is 125 cm³/mol. The van der Waals surface area contributed by atoms with Crippen LogP contribution >= 0.6 is 0 Å². The number of hydrogen-bond donors (Lipinski definition) is 1. The lowest BCUT2D eigenvalue weighted by atomic mass is 10.0. The highest BCUT2D eigenvalue weighted by molar-refractivity contribution is 5.77. The van der Waals surface area contributed by atoms with Gasteiger partial charge in [0.1, 0.15) is 12.3 Å². The highest BCUT2D eigenvalue weighted by atomic mass is 16.5. The molecule has 1 heterocycles. The van der Waals surface area contributed by atoms with Crippen molar-refractivity contribution in [1.29, 1.82) is 0 Å². The van der Waals surface area contributed by atoms with E-state index < -0.39 is 0 Å². The summed E-state index contributed by atoms with van der Waals surface area (Å²) in [5.74, 6) is 1.74. The van der Waals surface area contributed by atoms with Crippen molar-refractivity contribution < 1.29 is 14.4 Å². The Balaban J connectivity index is 1.32. The van der Waals surface area contributed by atoms with E-state index in [1.807, 2.05) is 18.2 Å². The zero-order valence-electron chi connectivity index (χ0n) is 19.1. The van der Waals surface area contributed by atoms with Crippen LogP contribution in [0.25, 0.3) is 0 Å². The average Bonchev–Trinajstić information content (AvgIpc) is 3.64. The lowest BCUT2D eigenvalue weighted by Crippen LogP contribution is -3.13. The number of carbonyl (C=O) groups is 1. The van der Waals surface area contributed by atoms with Gasteiger partial charge >= 0.3 is 0 Å². The fourth-order valence-electron chi connectivity index (χ4n) is 4.52. The quantitative estimate of drug-likeness (QED) is 0.711. The third-order valence-electron chi connectivity index (χ3n) is 6.67. The minimum absolute atomic E-state index is 0.292. The summed E-state index contributed by atoms with van der Waals surface area (Å²) >= 11 is 0. The molecule has 2 aliphatic rings. The van der Waals surface area contributed by atoms with Gasteiger partial charge in [-0.05, 0) is 23.6 Å². The van der Waals surface area contributed by atoms with Crippen LogP contribution in [0.5, 0.6) is 5.75 Å². The first-order valence-corrected chi connectivity index (χ1v) is 11.6. The second kappa shape index (κ2) is 9.73. The summed E-state index contributed by atoms with van der Waals surface area (Å²) in [5, 5.41) is 0. The van der Waals surface area contributed by atoms with Crippen molar-refractivity contribution in [2.45, 2.75) is 45.2 Å². The maximum absolute atomic E-state index is 13.1. The third-order valence-corrected chi connectivity index (χ3v) is 6.67. The fourth-order valence-corrected chi connectivity index (χ4v) is 4.52. The lowest BCUT2D eigenvalue weighted by Gasteiger charge is -2.37. The second-order valence-corrected chi connectivity index (χ2v) is 9.22. The molecule has 4 rings (SSSR count). The molecule has 1 unspecified atom stereocenters. The number of anilines is 1. The number of benzene rings is 2. The highest BCUT2D eigenvalue weighted by Crippen LogP contribution is 2.28. The Labute approximate surface area is 186 Å². The van der Waals surface area contributed by atoms with Crippen LogP contribution < -0.4 is 14.5 Å². The summed E-state index contributed by atoms with van der Waals surface area (Å²) in [7, 11) is 1.71. The van der Waals surface area contributed by atoms with E-state index in [-0.39, 0.29) is 0 Å². The van der Waals surface area contributed by atoms with Crippen LogP contribution in [0, 0.1) is 0 Å². The number of nitrogens with zero attached hydrogens (tertiary/aromatic N) is 2. The molecule has 1 amide bonds. The first-order valence-electron chi connectivity index (χ1n) is 11.6. The van der Waals surface area contributed by atoms with Gasteiger partial charge in [-0.1, -0.05) is 50.2 Å². The fraction of sp³-hybridized carbons (Fsp3) is 0.500. The molecule has 0 spiro atoms. The predicted octanol–water partition coefficient (Wildman–Crippen LogP) is 2.71. The standard InChI is InChI=1S/C26H35N3O2/c1-20(2)22-10-8-21(9-11-22)18-29(23-12-13-23)19-26(30)28-16-14-27(15-17-28)24-6-4-5-7-25(24)31-3/h4-11,20,23H,12-19H2,1-3H3/p+1. The van der Waals surface area contributed by atoms with E-state index in [4.69, 9.17) is 4.74 Å². The van der Waals surface area contributed by atoms with E-state index in [9.17, 15) is 4.79 Å². The number of methoxy groups -OCH3 is 1. The van der Waals surface area contributed by atoms with E-state index in [0.717, 1.165) is 44.2 Å². The minimum Gasteiger partial charge on any atom is -0.495 e. The van der Waals surface area contributed by atoms with Crippen molar-refractivity contribution in [3.05, 3.63) is 59.7 Å². The Morgan fingerprint density at radius 2 is 1.71 bits per heavy atom. The van der Waals surface area contributed by atoms with E-state index in [0.29, 0.717) is 24.4 Å². The zero-order valence-corrected chi connectivity index (χ0v) is 19.1. The van der Waals surface area contributed by atoms with Crippen LogP contribution in [0.1, 0.15) is 43.7 Å². The molecule has 31 heavy (non-hydrogen) atoms. The van der Waals surface area contributed by atoms with Gasteiger partial charge < -0.3 is 19.4 Å². The summed E-state index contributed by atoms with van der Waals surface area (Å²) in [6, 6.07) is 17.7. The molecule has 1 atom stereocenters. The van der Waals surface area contributed by atoms with Gasteiger partial charge in [-0.15, -0.1) is 0 Å². The Kier molecular flexibility index (Phi) is 6.81. The SMILES string of the molecule is COc1ccccc1N1CCN(C(=O)C[NH+](Cc2ccc(C(C)C)cc2)C2CC2)CC1. The van der Waals surface area contributed by atoms with E-state index in [1.165, 1.54) is 28.9 Å². The summed E-state index contributed by atoms with van der Waals surface area (Å²) in [5.41, 5.74) is 3.83. The number of ether oxygens (including phenoxy) is 1. The molecule has 1 aliphatic carbocycles. The Morgan fingerprint density at radius 1 is 1.03 bits per heavy atom. The molecule has 5 nitrogen and oxygen atoms in total. The molecule has 166 valence electrons. The molecule has 1 saturated carbocycles. The molecule has 2 aromatic rings. The van der Waals surface area contributed by atoms with Gasteiger partial charge in [-0.25, -0.2) is 0 Å². The summed E-state index contributed by atoms with van der Waals surface area (Å²) in [6.45, 7) is 9.24. The molecule has 1 N–H and O–H groups in total. The van der Waals surface area contributed by atoms with Gasteiger partial charge in [0, 0.05) is 44.6 Å². The molecule has 0 bridgehead atoms. The summed E-state index contributed by atoms with van der Waals surface area (Å²) in [6.07, 6.45) is 2.49. The average molecular weight is 423 g/mol. The van der Waals surface area contributed by atoms with Crippen molar-refractivity contribution in [3.8, 4) is 5.75 Å². The first kappa shape index (κ1) is 21.7. The van der Waals surface area contributed by atoms with Crippen LogP contribution in [0.15, 0.2) is 48.5 Å². The molecule has 5 heteroatoms. The normalized spacial score (nSPS) is 17.7. The van der Waals surface area contributed by atoms with Crippen molar-refractivity contribution in [2.24, 2.45) is 0 Å². The smallest absolute Gasteiger partial charge is 0.277 e. The van der Waals surface area contributed by atoms with Gasteiger partial charge in [0.15, 0.2) is 6.54 Å². The number of nitrogens with one attached hydrogen (secondary N) is 1. The first-order chi connectivity index (χ1) is 15.0. The monoisotopic (exact) mass is 422 g/mol. The van der Waals surface area contributed by atoms with Crippen molar-refractivity contribution in [3.63, 3.8) is 0 Å². The van der Waals surface area contributed by atoms with Crippen molar-refractivity contribution >= 4 is 11.6 Å². The number of piperazine rings is 1. The maximum Gasteiger partial charge on any atom is 0.277 e. The second-order valence-electron chi connectivity index (χ2n) is 9.22. The van der Waals surface area contributed by atoms with Crippen molar-refractivity contribution in [2.75, 3.05) is 44.7 Å². The van der Waals surface area contributed by atoms with E-state index in [2.05, 4.69) is 54.0 Å². The molecule has 2 fully saturated rings. The lowest BCUT2D eigenvalue weighted by molar-refractivity contribution is -0.917. The van der Waals surface area contributed by atoms with Gasteiger partial charge in [0.05, 0.1) is 18.8 Å². The van der Waals surface area contributed by atoms with Crippen LogP contribution in [-0.4, -0.2) is 56.7 Å². The van der Waals surface area contributed by atoms with Gasteiger partial charge in [0.25, 0.3) is 5.91 Å². The number of quaternary nitrogens is 1. The Hall–Kier alpha value is -2.53. The number of rotatable bonds is 8. The molecule has 2 aromatic carbocycles. The van der Waals surface area contributed by atoms with Crippen LogP contribution in [0.3, 0.4) is 0 Å². The van der Waals surface area contributed by atoms with Gasteiger partial charge in [0.2, 0.25) is 0 Å². The molecular formula is C26H36N3O2+. The molecule has 0 radical (unpaired) electrons.